The fraction of sp³-hybridized carbons (Fsp3) is 0.217. The van der Waals surface area contributed by atoms with Gasteiger partial charge in [-0.3, -0.25) is 4.79 Å². The Labute approximate surface area is 159 Å². The average Bonchev–Trinajstić information content (AvgIpc) is 3.03. The van der Waals surface area contributed by atoms with E-state index < -0.39 is 0 Å². The molecule has 1 N–H and O–H groups in total. The van der Waals surface area contributed by atoms with E-state index in [9.17, 15) is 4.79 Å². The van der Waals surface area contributed by atoms with Crippen LogP contribution in [0, 0.1) is 6.92 Å². The highest BCUT2D eigenvalue weighted by Gasteiger charge is 2.27. The van der Waals surface area contributed by atoms with Gasteiger partial charge in [-0.25, -0.2) is 4.98 Å². The molecule has 3 aromatic rings. The minimum absolute atomic E-state index is 0.0814. The number of amides is 1. The van der Waals surface area contributed by atoms with Gasteiger partial charge in [0.05, 0.1) is 0 Å². The van der Waals surface area contributed by atoms with Gasteiger partial charge in [-0.15, -0.1) is 0 Å². The number of hydrogen-bond donors (Lipinski definition) is 1. The number of benzene rings is 2. The molecule has 2 heterocycles. The summed E-state index contributed by atoms with van der Waals surface area (Å²) < 4.78 is 0. The third-order valence-electron chi connectivity index (χ3n) is 5.16. The number of pyridine rings is 1. The highest BCUT2D eigenvalue weighted by molar-refractivity contribution is 5.95. The normalized spacial score (nSPS) is 15.5. The number of aromatic nitrogens is 1. The molecule has 0 radical (unpaired) electrons. The van der Waals surface area contributed by atoms with Crippen molar-refractivity contribution in [3.8, 4) is 0 Å². The van der Waals surface area contributed by atoms with Gasteiger partial charge in [-0.1, -0.05) is 42.5 Å². The second-order valence-corrected chi connectivity index (χ2v) is 7.06. The van der Waals surface area contributed by atoms with Gasteiger partial charge in [0.2, 0.25) is 0 Å². The zero-order chi connectivity index (χ0) is 18.8. The molecule has 1 atom stereocenters. The molecule has 2 aromatic carbocycles. The Morgan fingerprint density at radius 1 is 1.15 bits per heavy atom. The first-order valence-electron chi connectivity index (χ1n) is 9.29. The summed E-state index contributed by atoms with van der Waals surface area (Å²) in [5.41, 5.74) is 5.43. The van der Waals surface area contributed by atoms with Crippen LogP contribution in [-0.4, -0.2) is 16.9 Å². The summed E-state index contributed by atoms with van der Waals surface area (Å²) in [6.07, 6.45) is 2.70. The Bertz CT molecular complexity index is 983. The number of carbonyl (C=O) groups is 1. The molecule has 0 saturated carbocycles. The number of nitrogens with one attached hydrogen (secondary N) is 1. The Kier molecular flexibility index (Phi) is 4.63. The van der Waals surface area contributed by atoms with Gasteiger partial charge in [0.15, 0.2) is 0 Å². The summed E-state index contributed by atoms with van der Waals surface area (Å²) in [6.45, 7) is 4.76. The lowest BCUT2D eigenvalue weighted by molar-refractivity contribution is 0.0951. The van der Waals surface area contributed by atoms with Crippen molar-refractivity contribution in [2.75, 3.05) is 4.90 Å². The first kappa shape index (κ1) is 17.3. The van der Waals surface area contributed by atoms with Crippen molar-refractivity contribution < 1.29 is 4.79 Å². The molecule has 27 heavy (non-hydrogen) atoms. The van der Waals surface area contributed by atoms with E-state index >= 15 is 0 Å². The lowest BCUT2D eigenvalue weighted by Gasteiger charge is -2.24. The standard InChI is InChI=1S/C23H23N3O/c1-16-7-3-4-9-20(16)15-25-23(27)19-11-12-24-22(14-19)26-17(2)13-18-8-5-6-10-21(18)26/h3-12,14,17H,13,15H2,1-2H3,(H,25,27). The quantitative estimate of drug-likeness (QED) is 0.753. The van der Waals surface area contributed by atoms with Crippen LogP contribution < -0.4 is 10.2 Å². The zero-order valence-electron chi connectivity index (χ0n) is 15.6. The largest absolute Gasteiger partial charge is 0.348 e. The van der Waals surface area contributed by atoms with Crippen molar-refractivity contribution in [1.82, 2.24) is 10.3 Å². The fourth-order valence-corrected chi connectivity index (χ4v) is 3.69. The maximum absolute atomic E-state index is 12.7. The molecular weight excluding hydrogens is 334 g/mol. The van der Waals surface area contributed by atoms with Gasteiger partial charge in [-0.2, -0.15) is 0 Å². The van der Waals surface area contributed by atoms with Crippen LogP contribution in [0.25, 0.3) is 0 Å². The topological polar surface area (TPSA) is 45.2 Å². The SMILES string of the molecule is Cc1ccccc1CNC(=O)c1ccnc(N2c3ccccc3CC2C)c1. The molecule has 0 fully saturated rings. The highest BCUT2D eigenvalue weighted by atomic mass is 16.1. The lowest BCUT2D eigenvalue weighted by Crippen LogP contribution is -2.26. The Morgan fingerprint density at radius 3 is 2.78 bits per heavy atom. The van der Waals surface area contributed by atoms with E-state index in [4.69, 9.17) is 0 Å². The first-order valence-corrected chi connectivity index (χ1v) is 9.29. The monoisotopic (exact) mass is 357 g/mol. The van der Waals surface area contributed by atoms with Crippen LogP contribution in [0.2, 0.25) is 0 Å². The predicted molar refractivity (Wildman–Crippen MR) is 108 cm³/mol. The Hall–Kier alpha value is -3.14. The van der Waals surface area contributed by atoms with Crippen LogP contribution in [0.5, 0.6) is 0 Å². The summed E-state index contributed by atoms with van der Waals surface area (Å²) in [6, 6.07) is 20.4. The second-order valence-electron chi connectivity index (χ2n) is 7.06. The van der Waals surface area contributed by atoms with Crippen LogP contribution in [0.1, 0.15) is 34.0 Å². The van der Waals surface area contributed by atoms with Crippen molar-refractivity contribution in [1.29, 1.82) is 0 Å². The molecule has 1 aromatic heterocycles. The van der Waals surface area contributed by atoms with Crippen LogP contribution in [-0.2, 0) is 13.0 Å². The van der Waals surface area contributed by atoms with E-state index in [1.165, 1.54) is 16.8 Å². The third kappa shape index (κ3) is 3.43. The maximum Gasteiger partial charge on any atom is 0.251 e. The molecule has 1 unspecified atom stereocenters. The lowest BCUT2D eigenvalue weighted by atomic mass is 10.1. The molecule has 0 bridgehead atoms. The minimum Gasteiger partial charge on any atom is -0.348 e. The number of rotatable bonds is 4. The summed E-state index contributed by atoms with van der Waals surface area (Å²) in [7, 11) is 0. The summed E-state index contributed by atoms with van der Waals surface area (Å²) >= 11 is 0. The second kappa shape index (κ2) is 7.23. The molecular formula is C23H23N3O. The number of anilines is 2. The van der Waals surface area contributed by atoms with Gasteiger partial charge in [0.1, 0.15) is 5.82 Å². The molecule has 1 aliphatic heterocycles. The van der Waals surface area contributed by atoms with Gasteiger partial charge in [0, 0.05) is 30.0 Å². The van der Waals surface area contributed by atoms with Crippen LogP contribution in [0.15, 0.2) is 66.9 Å². The molecule has 4 heteroatoms. The van der Waals surface area contributed by atoms with Gasteiger partial charge < -0.3 is 10.2 Å². The minimum atomic E-state index is -0.0814. The summed E-state index contributed by atoms with van der Waals surface area (Å²) in [5.74, 6) is 0.734. The molecule has 4 rings (SSSR count). The van der Waals surface area contributed by atoms with Crippen LogP contribution in [0.3, 0.4) is 0 Å². The first-order chi connectivity index (χ1) is 13.1. The van der Waals surface area contributed by atoms with Crippen molar-refractivity contribution in [2.24, 2.45) is 0 Å². The van der Waals surface area contributed by atoms with E-state index in [0.29, 0.717) is 18.2 Å². The number of fused-ring (bicyclic) bond motifs is 1. The molecule has 4 nitrogen and oxygen atoms in total. The van der Waals surface area contributed by atoms with E-state index in [1.54, 1.807) is 12.3 Å². The molecule has 0 spiro atoms. The number of para-hydroxylation sites is 1. The van der Waals surface area contributed by atoms with Crippen LogP contribution >= 0.6 is 0 Å². The number of nitrogens with zero attached hydrogens (tertiary/aromatic N) is 2. The molecule has 0 aliphatic carbocycles. The van der Waals surface area contributed by atoms with Gasteiger partial charge in [0.25, 0.3) is 5.91 Å². The molecule has 136 valence electrons. The number of hydrogen-bond acceptors (Lipinski definition) is 3. The van der Waals surface area contributed by atoms with E-state index in [1.807, 2.05) is 30.3 Å². The fourth-order valence-electron chi connectivity index (χ4n) is 3.69. The predicted octanol–water partition coefficient (Wildman–Crippen LogP) is 4.40. The van der Waals surface area contributed by atoms with Gasteiger partial charge in [-0.05, 0) is 55.2 Å². The van der Waals surface area contributed by atoms with Crippen molar-refractivity contribution >= 4 is 17.4 Å². The van der Waals surface area contributed by atoms with Gasteiger partial charge >= 0.3 is 0 Å². The van der Waals surface area contributed by atoms with E-state index in [2.05, 4.69) is 53.3 Å². The van der Waals surface area contributed by atoms with E-state index in [0.717, 1.165) is 17.8 Å². The molecule has 1 aliphatic rings. The van der Waals surface area contributed by atoms with E-state index in [-0.39, 0.29) is 5.91 Å². The smallest absolute Gasteiger partial charge is 0.251 e. The summed E-state index contributed by atoms with van der Waals surface area (Å²) in [5, 5.41) is 3.02. The zero-order valence-corrected chi connectivity index (χ0v) is 15.6. The maximum atomic E-state index is 12.7. The van der Waals surface area contributed by atoms with Crippen molar-refractivity contribution in [2.45, 2.75) is 32.9 Å². The molecule has 1 amide bonds. The Morgan fingerprint density at radius 2 is 1.93 bits per heavy atom. The van der Waals surface area contributed by atoms with Crippen molar-refractivity contribution in [3.63, 3.8) is 0 Å². The summed E-state index contributed by atoms with van der Waals surface area (Å²) in [4.78, 5) is 19.4. The number of carbonyl (C=O) groups excluding carboxylic acids is 1. The third-order valence-corrected chi connectivity index (χ3v) is 5.16. The average molecular weight is 357 g/mol. The van der Waals surface area contributed by atoms with Crippen molar-refractivity contribution in [3.05, 3.63) is 89.1 Å². The Balaban J connectivity index is 1.54. The number of aryl methyl sites for hydroxylation is 1. The van der Waals surface area contributed by atoms with Crippen LogP contribution in [0.4, 0.5) is 11.5 Å². The highest BCUT2D eigenvalue weighted by Crippen LogP contribution is 2.37. The molecule has 0 saturated heterocycles.